The Morgan fingerprint density at radius 2 is 2.05 bits per heavy atom. The van der Waals surface area contributed by atoms with Gasteiger partial charge >= 0.3 is 0 Å². The van der Waals surface area contributed by atoms with E-state index in [4.69, 9.17) is 0 Å². The summed E-state index contributed by atoms with van der Waals surface area (Å²) in [5.41, 5.74) is 0.911. The maximum absolute atomic E-state index is 14.4. The predicted molar refractivity (Wildman–Crippen MR) is 84.4 cm³/mol. The Morgan fingerprint density at radius 1 is 1.25 bits per heavy atom. The summed E-state index contributed by atoms with van der Waals surface area (Å²) < 4.78 is 15.0. The first kappa shape index (κ1) is 14.5. The molecule has 0 spiro atoms. The molecule has 1 aromatic rings. The van der Waals surface area contributed by atoms with Gasteiger partial charge in [-0.05, 0) is 77.5 Å². The molecule has 20 heavy (non-hydrogen) atoms. The summed E-state index contributed by atoms with van der Waals surface area (Å²) in [5, 5.41) is 3.64. The molecule has 0 bridgehead atoms. The van der Waals surface area contributed by atoms with Crippen molar-refractivity contribution in [2.24, 2.45) is 11.8 Å². The van der Waals surface area contributed by atoms with E-state index in [-0.39, 0.29) is 5.82 Å². The highest BCUT2D eigenvalue weighted by molar-refractivity contribution is 9.10. The molecule has 1 aromatic carbocycles. The molecule has 3 heteroatoms. The maximum Gasteiger partial charge on any atom is 0.140 e. The number of hydrogen-bond acceptors (Lipinski definition) is 1. The zero-order valence-corrected chi connectivity index (χ0v) is 13.6. The average molecular weight is 340 g/mol. The Bertz CT molecular complexity index is 472. The molecule has 0 amide bonds. The standard InChI is InChI=1S/C17H23BrFN/c1-11-5-6-12(10-20-13-7-8-13)15(9-11)14-3-2-4-16(18)17(14)19/h2-4,11-13,15,20H,5-10H2,1H3. The molecule has 2 aliphatic rings. The van der Waals surface area contributed by atoms with Crippen LogP contribution in [0, 0.1) is 17.7 Å². The molecule has 3 rings (SSSR count). The van der Waals surface area contributed by atoms with Gasteiger partial charge in [0.2, 0.25) is 0 Å². The Balaban J connectivity index is 1.79. The molecule has 1 N–H and O–H groups in total. The van der Waals surface area contributed by atoms with Crippen LogP contribution in [0.5, 0.6) is 0 Å². The molecule has 3 unspecified atom stereocenters. The van der Waals surface area contributed by atoms with E-state index in [9.17, 15) is 4.39 Å². The minimum Gasteiger partial charge on any atom is -0.314 e. The summed E-state index contributed by atoms with van der Waals surface area (Å²) in [6.45, 7) is 3.35. The van der Waals surface area contributed by atoms with Crippen LogP contribution in [0.3, 0.4) is 0 Å². The van der Waals surface area contributed by atoms with Crippen molar-refractivity contribution in [3.63, 3.8) is 0 Å². The molecule has 3 atom stereocenters. The molecule has 2 fully saturated rings. The molecule has 1 nitrogen and oxygen atoms in total. The Hall–Kier alpha value is -0.410. The van der Waals surface area contributed by atoms with Crippen molar-refractivity contribution in [2.75, 3.05) is 6.54 Å². The van der Waals surface area contributed by atoms with Gasteiger partial charge in [-0.3, -0.25) is 0 Å². The first-order valence-electron chi connectivity index (χ1n) is 7.82. The maximum atomic E-state index is 14.4. The van der Waals surface area contributed by atoms with Gasteiger partial charge < -0.3 is 5.32 Å². The number of nitrogens with one attached hydrogen (secondary N) is 1. The molecule has 0 radical (unpaired) electrons. The lowest BCUT2D eigenvalue weighted by Crippen LogP contribution is -2.33. The number of rotatable bonds is 4. The molecule has 0 aliphatic heterocycles. The van der Waals surface area contributed by atoms with Gasteiger partial charge in [-0.1, -0.05) is 25.5 Å². The van der Waals surface area contributed by atoms with Crippen LogP contribution < -0.4 is 5.32 Å². The highest BCUT2D eigenvalue weighted by Gasteiger charge is 2.33. The van der Waals surface area contributed by atoms with Crippen molar-refractivity contribution in [1.29, 1.82) is 0 Å². The monoisotopic (exact) mass is 339 g/mol. The summed E-state index contributed by atoms with van der Waals surface area (Å²) in [4.78, 5) is 0. The number of benzene rings is 1. The van der Waals surface area contributed by atoms with E-state index < -0.39 is 0 Å². The van der Waals surface area contributed by atoms with E-state index in [1.807, 2.05) is 12.1 Å². The highest BCUT2D eigenvalue weighted by atomic mass is 79.9. The summed E-state index contributed by atoms with van der Waals surface area (Å²) in [5.74, 6) is 1.59. The molecule has 110 valence electrons. The highest BCUT2D eigenvalue weighted by Crippen LogP contribution is 2.42. The molecular formula is C17H23BrFN. The van der Waals surface area contributed by atoms with Gasteiger partial charge in [0.15, 0.2) is 0 Å². The van der Waals surface area contributed by atoms with E-state index in [0.29, 0.717) is 22.2 Å². The van der Waals surface area contributed by atoms with Crippen molar-refractivity contribution in [2.45, 2.75) is 51.0 Å². The van der Waals surface area contributed by atoms with Crippen molar-refractivity contribution < 1.29 is 4.39 Å². The summed E-state index contributed by atoms with van der Waals surface area (Å²) in [6, 6.07) is 6.48. The van der Waals surface area contributed by atoms with E-state index in [0.717, 1.165) is 24.6 Å². The SMILES string of the molecule is CC1CCC(CNC2CC2)C(c2cccc(Br)c2F)C1. The third-order valence-corrected chi connectivity index (χ3v) is 5.50. The third kappa shape index (κ3) is 3.25. The molecular weight excluding hydrogens is 317 g/mol. The normalized spacial score (nSPS) is 30.4. The third-order valence-electron chi connectivity index (χ3n) is 4.88. The number of halogens is 2. The van der Waals surface area contributed by atoms with Gasteiger partial charge in [0.1, 0.15) is 5.82 Å². The lowest BCUT2D eigenvalue weighted by atomic mass is 9.71. The van der Waals surface area contributed by atoms with Gasteiger partial charge in [0.05, 0.1) is 4.47 Å². The largest absolute Gasteiger partial charge is 0.314 e. The predicted octanol–water partition coefficient (Wildman–Crippen LogP) is 4.86. The molecule has 0 heterocycles. The van der Waals surface area contributed by atoms with Crippen molar-refractivity contribution >= 4 is 15.9 Å². The fraction of sp³-hybridized carbons (Fsp3) is 0.647. The van der Waals surface area contributed by atoms with Gasteiger partial charge in [-0.15, -0.1) is 0 Å². The first-order chi connectivity index (χ1) is 9.65. The van der Waals surface area contributed by atoms with Gasteiger partial charge in [-0.25, -0.2) is 4.39 Å². The first-order valence-corrected chi connectivity index (χ1v) is 8.61. The fourth-order valence-electron chi connectivity index (χ4n) is 3.48. The van der Waals surface area contributed by atoms with E-state index >= 15 is 0 Å². The van der Waals surface area contributed by atoms with Crippen molar-refractivity contribution in [1.82, 2.24) is 5.32 Å². The molecule has 2 saturated carbocycles. The van der Waals surface area contributed by atoms with Crippen LogP contribution in [-0.4, -0.2) is 12.6 Å². The minimum absolute atomic E-state index is 0.0528. The van der Waals surface area contributed by atoms with E-state index in [2.05, 4.69) is 28.2 Å². The lowest BCUT2D eigenvalue weighted by Gasteiger charge is -2.36. The van der Waals surface area contributed by atoms with Crippen molar-refractivity contribution in [3.05, 3.63) is 34.1 Å². The van der Waals surface area contributed by atoms with Gasteiger partial charge in [-0.2, -0.15) is 0 Å². The van der Waals surface area contributed by atoms with Crippen LogP contribution >= 0.6 is 15.9 Å². The van der Waals surface area contributed by atoms with Crippen LogP contribution in [0.2, 0.25) is 0 Å². The number of hydrogen-bond donors (Lipinski definition) is 1. The Morgan fingerprint density at radius 3 is 2.80 bits per heavy atom. The second-order valence-corrected chi connectivity index (χ2v) is 7.46. The van der Waals surface area contributed by atoms with Crippen LogP contribution in [0.25, 0.3) is 0 Å². The van der Waals surface area contributed by atoms with E-state index in [1.54, 1.807) is 6.07 Å². The van der Waals surface area contributed by atoms with Crippen LogP contribution in [0.1, 0.15) is 50.5 Å². The smallest absolute Gasteiger partial charge is 0.140 e. The quantitative estimate of drug-likeness (QED) is 0.825. The Labute approximate surface area is 129 Å². The zero-order chi connectivity index (χ0) is 14.1. The lowest BCUT2D eigenvalue weighted by molar-refractivity contribution is 0.237. The Kier molecular flexibility index (Phi) is 4.46. The molecule has 0 saturated heterocycles. The van der Waals surface area contributed by atoms with Crippen LogP contribution in [0.15, 0.2) is 22.7 Å². The summed E-state index contributed by atoms with van der Waals surface area (Å²) >= 11 is 3.33. The zero-order valence-electron chi connectivity index (χ0n) is 12.0. The van der Waals surface area contributed by atoms with Gasteiger partial charge in [0.25, 0.3) is 0 Å². The van der Waals surface area contributed by atoms with Crippen LogP contribution in [-0.2, 0) is 0 Å². The summed E-state index contributed by atoms with van der Waals surface area (Å²) in [6.07, 6.45) is 6.25. The second-order valence-electron chi connectivity index (χ2n) is 6.61. The minimum atomic E-state index is -0.0528. The fourth-order valence-corrected chi connectivity index (χ4v) is 3.86. The topological polar surface area (TPSA) is 12.0 Å². The summed E-state index contributed by atoms with van der Waals surface area (Å²) in [7, 11) is 0. The molecule has 2 aliphatic carbocycles. The van der Waals surface area contributed by atoms with Crippen LogP contribution in [0.4, 0.5) is 4.39 Å². The van der Waals surface area contributed by atoms with Crippen molar-refractivity contribution in [3.8, 4) is 0 Å². The van der Waals surface area contributed by atoms with E-state index in [1.165, 1.54) is 25.7 Å². The second kappa shape index (κ2) is 6.15. The average Bonchev–Trinajstić information content (AvgIpc) is 3.25. The molecule has 0 aromatic heterocycles. The van der Waals surface area contributed by atoms with Gasteiger partial charge in [0, 0.05) is 6.04 Å².